The van der Waals surface area contributed by atoms with Gasteiger partial charge in [0.15, 0.2) is 11.5 Å². The fourth-order valence-corrected chi connectivity index (χ4v) is 6.73. The normalized spacial score (nSPS) is 19.0. The Morgan fingerprint density at radius 1 is 0.622 bits per heavy atom. The van der Waals surface area contributed by atoms with Crippen LogP contribution in [0.3, 0.4) is 0 Å². The first-order chi connectivity index (χ1) is 18.2. The third-order valence-corrected chi connectivity index (χ3v) is 8.83. The van der Waals surface area contributed by atoms with Gasteiger partial charge in [0.2, 0.25) is 0 Å². The maximum Gasteiger partial charge on any atom is 0.180 e. The molecule has 37 heavy (non-hydrogen) atoms. The molecule has 3 aliphatic rings. The molecule has 0 spiro atoms. The zero-order valence-electron chi connectivity index (χ0n) is 21.1. The first-order valence-corrected chi connectivity index (χ1v) is 14.3. The van der Waals surface area contributed by atoms with Crippen molar-refractivity contribution < 1.29 is 9.47 Å². The highest BCUT2D eigenvalue weighted by Gasteiger charge is 2.26. The van der Waals surface area contributed by atoms with E-state index in [1.807, 2.05) is 0 Å². The highest BCUT2D eigenvalue weighted by atomic mass is 32.1. The Hall–Kier alpha value is -3.32. The lowest BCUT2D eigenvalue weighted by atomic mass is 10.1. The average Bonchev–Trinajstić information content (AvgIpc) is 3.71. The predicted molar refractivity (Wildman–Crippen MR) is 152 cm³/mol. The Balaban J connectivity index is 1.27. The molecule has 6 rings (SSSR count). The molecule has 192 valence electrons. The van der Waals surface area contributed by atoms with Crippen molar-refractivity contribution in [3.8, 4) is 32.4 Å². The van der Waals surface area contributed by atoms with Gasteiger partial charge in [-0.1, -0.05) is 74.2 Å². The molecule has 2 aromatic carbocycles. The molecule has 0 atom stereocenters. The van der Waals surface area contributed by atoms with E-state index in [2.05, 4.69) is 48.5 Å². The molecule has 0 saturated heterocycles. The molecule has 2 aliphatic carbocycles. The quantitative estimate of drug-likeness (QED) is 0.305. The summed E-state index contributed by atoms with van der Waals surface area (Å²) >= 11 is 1.69. The van der Waals surface area contributed by atoms with Crippen LogP contribution in [0.5, 0.6) is 11.5 Å². The maximum absolute atomic E-state index is 6.32. The first-order valence-electron chi connectivity index (χ1n) is 13.5. The summed E-state index contributed by atoms with van der Waals surface area (Å²) in [5.41, 5.74) is 16.7. The van der Waals surface area contributed by atoms with E-state index in [9.17, 15) is 0 Å². The van der Waals surface area contributed by atoms with E-state index in [1.165, 1.54) is 25.7 Å². The molecule has 1 aromatic heterocycles. The number of thiophene rings is 1. The Bertz CT molecular complexity index is 1200. The van der Waals surface area contributed by atoms with Gasteiger partial charge in [-0.15, -0.1) is 11.3 Å². The number of nitrogens with two attached hydrogens (primary N) is 2. The monoisotopic (exact) mass is 514 g/mol. The molecule has 0 radical (unpaired) electrons. The van der Waals surface area contributed by atoms with Crippen LogP contribution >= 0.6 is 11.3 Å². The molecule has 4 N–H and O–H groups in total. The van der Waals surface area contributed by atoms with E-state index in [1.54, 1.807) is 11.3 Å². The Labute approximate surface area is 222 Å². The van der Waals surface area contributed by atoms with Gasteiger partial charge in [0.1, 0.15) is 24.9 Å². The second-order valence-electron chi connectivity index (χ2n) is 10.2. The van der Waals surface area contributed by atoms with Crippen LogP contribution in [0.1, 0.15) is 62.5 Å². The fourth-order valence-electron chi connectivity index (χ4n) is 5.52. The van der Waals surface area contributed by atoms with Crippen LogP contribution in [-0.4, -0.2) is 37.0 Å². The van der Waals surface area contributed by atoms with Gasteiger partial charge in [-0.25, -0.2) is 0 Å². The lowest BCUT2D eigenvalue weighted by Gasteiger charge is -2.17. The summed E-state index contributed by atoms with van der Waals surface area (Å²) in [6, 6.07) is 17.4. The highest BCUT2D eigenvalue weighted by Crippen LogP contribution is 2.53. The van der Waals surface area contributed by atoms with Crippen LogP contribution in [0.2, 0.25) is 0 Å². The number of hydrogen-bond donors (Lipinski definition) is 2. The maximum atomic E-state index is 6.32. The van der Waals surface area contributed by atoms with E-state index in [4.69, 9.17) is 30.9 Å². The molecule has 7 heteroatoms. The van der Waals surface area contributed by atoms with Gasteiger partial charge < -0.3 is 20.9 Å². The molecule has 0 unspecified atom stereocenters. The van der Waals surface area contributed by atoms with Crippen LogP contribution < -0.4 is 20.9 Å². The molecule has 2 heterocycles. The van der Waals surface area contributed by atoms with E-state index in [-0.39, 0.29) is 0 Å². The van der Waals surface area contributed by atoms with Crippen LogP contribution in [-0.2, 0) is 0 Å². The SMILES string of the molecule is NC(=NC1CCCC1)c1ccc(-c2sc(-c3ccc(C(N)=NC4CCCC4)cc3)c3c2OCCO3)cc1. The van der Waals surface area contributed by atoms with Crippen molar-refractivity contribution in [1.29, 1.82) is 0 Å². The summed E-state index contributed by atoms with van der Waals surface area (Å²) in [6.07, 6.45) is 9.55. The van der Waals surface area contributed by atoms with E-state index in [0.717, 1.165) is 69.2 Å². The molecular formula is C30H34N4O2S. The summed E-state index contributed by atoms with van der Waals surface area (Å²) in [5, 5.41) is 0. The second-order valence-corrected chi connectivity index (χ2v) is 11.2. The highest BCUT2D eigenvalue weighted by molar-refractivity contribution is 7.19. The number of amidine groups is 2. The van der Waals surface area contributed by atoms with Crippen molar-refractivity contribution in [3.05, 3.63) is 59.7 Å². The molecule has 2 saturated carbocycles. The van der Waals surface area contributed by atoms with Crippen molar-refractivity contribution in [2.75, 3.05) is 13.2 Å². The molecular weight excluding hydrogens is 480 g/mol. The minimum Gasteiger partial charge on any atom is -0.485 e. The second kappa shape index (κ2) is 10.6. The number of nitrogens with zero attached hydrogens (tertiary/aromatic N) is 2. The summed E-state index contributed by atoms with van der Waals surface area (Å²) in [5.74, 6) is 2.89. The lowest BCUT2D eigenvalue weighted by Crippen LogP contribution is -2.16. The summed E-state index contributed by atoms with van der Waals surface area (Å²) in [7, 11) is 0. The van der Waals surface area contributed by atoms with Gasteiger partial charge in [0, 0.05) is 11.1 Å². The first kappa shape index (κ1) is 24.0. The summed E-state index contributed by atoms with van der Waals surface area (Å²) in [4.78, 5) is 11.6. The number of benzene rings is 2. The molecule has 3 aromatic rings. The zero-order valence-corrected chi connectivity index (χ0v) is 21.9. The van der Waals surface area contributed by atoms with Gasteiger partial charge in [0.05, 0.1) is 21.8 Å². The van der Waals surface area contributed by atoms with Gasteiger partial charge in [-0.2, -0.15) is 0 Å². The predicted octanol–water partition coefficient (Wildman–Crippen LogP) is 6.15. The molecule has 1 aliphatic heterocycles. The Morgan fingerprint density at radius 3 is 1.38 bits per heavy atom. The number of ether oxygens (including phenoxy) is 2. The molecule has 0 amide bonds. The number of aliphatic imine (C=N–C) groups is 2. The lowest BCUT2D eigenvalue weighted by molar-refractivity contribution is 0.175. The number of fused-ring (bicyclic) bond motifs is 1. The van der Waals surface area contributed by atoms with E-state index in [0.29, 0.717) is 37.0 Å². The summed E-state index contributed by atoms with van der Waals surface area (Å²) in [6.45, 7) is 1.09. The van der Waals surface area contributed by atoms with Crippen molar-refractivity contribution in [1.82, 2.24) is 0 Å². The Morgan fingerprint density at radius 2 is 1.00 bits per heavy atom. The van der Waals surface area contributed by atoms with Crippen molar-refractivity contribution in [2.45, 2.75) is 63.5 Å². The average molecular weight is 515 g/mol. The minimum atomic E-state index is 0.368. The minimum absolute atomic E-state index is 0.368. The number of rotatable bonds is 6. The number of hydrogen-bond acceptors (Lipinski definition) is 5. The third-order valence-electron chi connectivity index (χ3n) is 7.58. The van der Waals surface area contributed by atoms with Crippen LogP contribution in [0.4, 0.5) is 0 Å². The van der Waals surface area contributed by atoms with Crippen LogP contribution in [0.15, 0.2) is 58.5 Å². The van der Waals surface area contributed by atoms with Crippen molar-refractivity contribution in [2.24, 2.45) is 21.5 Å². The van der Waals surface area contributed by atoms with Gasteiger partial charge in [-0.05, 0) is 36.8 Å². The Kier molecular flexibility index (Phi) is 6.87. The van der Waals surface area contributed by atoms with Gasteiger partial charge >= 0.3 is 0 Å². The molecule has 0 bridgehead atoms. The van der Waals surface area contributed by atoms with E-state index >= 15 is 0 Å². The standard InChI is InChI=1S/C30H34N4O2S/c31-29(33-23-5-1-2-6-23)21-13-9-19(10-14-21)27-25-26(36-18-17-35-25)28(37-27)20-11-15-22(16-12-20)30(32)34-24-7-3-4-8-24/h9-16,23-24H,1-8,17-18H2,(H2,31,33)(H2,32,34). The van der Waals surface area contributed by atoms with Crippen molar-refractivity contribution in [3.63, 3.8) is 0 Å². The van der Waals surface area contributed by atoms with Crippen molar-refractivity contribution >= 4 is 23.0 Å². The van der Waals surface area contributed by atoms with Crippen LogP contribution in [0, 0.1) is 0 Å². The topological polar surface area (TPSA) is 95.2 Å². The van der Waals surface area contributed by atoms with Gasteiger partial charge in [0.25, 0.3) is 0 Å². The van der Waals surface area contributed by atoms with Gasteiger partial charge in [-0.3, -0.25) is 9.98 Å². The summed E-state index contributed by atoms with van der Waals surface area (Å²) < 4.78 is 12.2. The fraction of sp³-hybridized carbons (Fsp3) is 0.400. The molecule has 6 nitrogen and oxygen atoms in total. The smallest absolute Gasteiger partial charge is 0.180 e. The van der Waals surface area contributed by atoms with Crippen LogP contribution in [0.25, 0.3) is 20.9 Å². The molecule has 2 fully saturated rings. The third kappa shape index (κ3) is 5.10. The zero-order chi connectivity index (χ0) is 25.2. The van der Waals surface area contributed by atoms with E-state index < -0.39 is 0 Å². The largest absolute Gasteiger partial charge is 0.485 e.